The number of hydrogen-bond donors (Lipinski definition) is 3. The Bertz CT molecular complexity index is 472. The molecule has 2 rings (SSSR count). The van der Waals surface area contributed by atoms with Gasteiger partial charge in [-0.15, -0.1) is 0 Å². The summed E-state index contributed by atoms with van der Waals surface area (Å²) in [7, 11) is 2.09. The third-order valence-corrected chi connectivity index (χ3v) is 3.94. The van der Waals surface area contributed by atoms with Crippen LogP contribution < -0.4 is 16.6 Å². The molecule has 0 saturated carbocycles. The van der Waals surface area contributed by atoms with Gasteiger partial charge in [-0.2, -0.15) is 0 Å². The van der Waals surface area contributed by atoms with E-state index in [4.69, 9.17) is 5.84 Å². The largest absolute Gasteiger partial charge is 0.367 e. The first-order valence-electron chi connectivity index (χ1n) is 6.69. The lowest BCUT2D eigenvalue weighted by molar-refractivity contribution is 0.150. The van der Waals surface area contributed by atoms with Crippen LogP contribution in [0.2, 0.25) is 0 Å². The van der Waals surface area contributed by atoms with Gasteiger partial charge in [0.15, 0.2) is 23.3 Å². The zero-order valence-corrected chi connectivity index (χ0v) is 11.8. The van der Waals surface area contributed by atoms with Crippen molar-refractivity contribution in [2.75, 3.05) is 37.4 Å². The number of likely N-dealkylation sites (tertiary alicyclic amines) is 1. The molecule has 1 fully saturated rings. The number of nitrogens with two attached hydrogens (primary N) is 1. The molecule has 0 bridgehead atoms. The third-order valence-electron chi connectivity index (χ3n) is 3.94. The molecule has 0 aromatic carbocycles. The first kappa shape index (κ1) is 14.9. The minimum Gasteiger partial charge on any atom is -0.367 e. The number of nitrogen functional groups attached to an aromatic ring is 1. The molecule has 0 atom stereocenters. The number of aromatic nitrogens is 1. The predicted molar refractivity (Wildman–Crippen MR) is 75.3 cm³/mol. The number of anilines is 2. The fourth-order valence-corrected chi connectivity index (χ4v) is 2.32. The van der Waals surface area contributed by atoms with Gasteiger partial charge in [-0.05, 0) is 38.4 Å². The molecule has 1 saturated heterocycles. The van der Waals surface area contributed by atoms with E-state index < -0.39 is 11.6 Å². The smallest absolute Gasteiger partial charge is 0.178 e. The van der Waals surface area contributed by atoms with Crippen LogP contribution in [-0.2, 0) is 0 Å². The van der Waals surface area contributed by atoms with Crippen molar-refractivity contribution in [3.63, 3.8) is 0 Å². The molecule has 0 radical (unpaired) electrons. The van der Waals surface area contributed by atoms with Crippen LogP contribution in [0.4, 0.5) is 20.4 Å². The third kappa shape index (κ3) is 3.34. The van der Waals surface area contributed by atoms with Gasteiger partial charge in [0, 0.05) is 12.6 Å². The van der Waals surface area contributed by atoms with Gasteiger partial charge in [-0.25, -0.2) is 19.6 Å². The Labute approximate surface area is 117 Å². The normalized spacial score (nSPS) is 18.9. The van der Waals surface area contributed by atoms with Gasteiger partial charge in [0.2, 0.25) is 0 Å². The van der Waals surface area contributed by atoms with Crippen molar-refractivity contribution in [1.82, 2.24) is 9.88 Å². The van der Waals surface area contributed by atoms with Crippen molar-refractivity contribution in [3.05, 3.63) is 17.7 Å². The number of hydrazine groups is 1. The molecule has 0 spiro atoms. The highest BCUT2D eigenvalue weighted by Crippen LogP contribution is 2.31. The van der Waals surface area contributed by atoms with Crippen molar-refractivity contribution in [3.8, 4) is 0 Å². The maximum absolute atomic E-state index is 13.7. The van der Waals surface area contributed by atoms with Crippen molar-refractivity contribution in [2.45, 2.75) is 19.8 Å². The van der Waals surface area contributed by atoms with Crippen LogP contribution >= 0.6 is 0 Å². The first-order chi connectivity index (χ1) is 9.43. The second-order valence-corrected chi connectivity index (χ2v) is 5.76. The van der Waals surface area contributed by atoms with Crippen LogP contribution in [0, 0.1) is 17.0 Å². The summed E-state index contributed by atoms with van der Waals surface area (Å²) in [5.74, 6) is 3.49. The Balaban J connectivity index is 2.03. The molecule has 0 aliphatic carbocycles. The van der Waals surface area contributed by atoms with Crippen LogP contribution in [0.3, 0.4) is 0 Å². The molecule has 1 aliphatic rings. The van der Waals surface area contributed by atoms with E-state index in [0.29, 0.717) is 6.54 Å². The second-order valence-electron chi connectivity index (χ2n) is 5.76. The predicted octanol–water partition coefficient (Wildman–Crippen LogP) is 1.79. The summed E-state index contributed by atoms with van der Waals surface area (Å²) >= 11 is 0. The van der Waals surface area contributed by atoms with Gasteiger partial charge in [-0.3, -0.25) is 0 Å². The van der Waals surface area contributed by atoms with E-state index in [1.54, 1.807) is 0 Å². The fraction of sp³-hybridized carbons (Fsp3) is 0.615. The van der Waals surface area contributed by atoms with E-state index in [-0.39, 0.29) is 17.1 Å². The highest BCUT2D eigenvalue weighted by molar-refractivity contribution is 5.47. The topological polar surface area (TPSA) is 66.2 Å². The van der Waals surface area contributed by atoms with Crippen LogP contribution in [0.25, 0.3) is 0 Å². The molecule has 1 aromatic rings. The van der Waals surface area contributed by atoms with E-state index in [2.05, 4.69) is 34.6 Å². The summed E-state index contributed by atoms with van der Waals surface area (Å²) in [5.41, 5.74) is 2.21. The molecule has 5 nitrogen and oxygen atoms in total. The Morgan fingerprint density at radius 1 is 1.30 bits per heavy atom. The molecule has 4 N–H and O–H groups in total. The van der Waals surface area contributed by atoms with E-state index in [0.717, 1.165) is 32.0 Å². The van der Waals surface area contributed by atoms with Gasteiger partial charge in [0.25, 0.3) is 0 Å². The second kappa shape index (κ2) is 5.88. The monoisotopic (exact) mass is 285 g/mol. The summed E-state index contributed by atoms with van der Waals surface area (Å²) in [6.45, 7) is 4.80. The van der Waals surface area contributed by atoms with Crippen molar-refractivity contribution >= 4 is 11.6 Å². The molecule has 1 aliphatic heterocycles. The number of nitrogens with one attached hydrogen (secondary N) is 2. The summed E-state index contributed by atoms with van der Waals surface area (Å²) in [5, 5.41) is 2.97. The maximum atomic E-state index is 13.7. The molecule has 7 heteroatoms. The lowest BCUT2D eigenvalue weighted by atomic mass is 9.80. The van der Waals surface area contributed by atoms with Crippen LogP contribution in [0.15, 0.2) is 6.07 Å². The average molecular weight is 285 g/mol. The molecule has 0 amide bonds. The lowest BCUT2D eigenvalue weighted by Crippen LogP contribution is -2.40. The maximum Gasteiger partial charge on any atom is 0.178 e. The minimum absolute atomic E-state index is 0.0273. The highest BCUT2D eigenvalue weighted by atomic mass is 19.1. The van der Waals surface area contributed by atoms with Gasteiger partial charge >= 0.3 is 0 Å². The van der Waals surface area contributed by atoms with Crippen LogP contribution in [0.1, 0.15) is 19.8 Å². The quantitative estimate of drug-likeness (QED) is 0.581. The van der Waals surface area contributed by atoms with Crippen LogP contribution in [-0.4, -0.2) is 36.6 Å². The number of hydrogen-bond acceptors (Lipinski definition) is 5. The lowest BCUT2D eigenvalue weighted by Gasteiger charge is -2.38. The Kier molecular flexibility index (Phi) is 4.39. The summed E-state index contributed by atoms with van der Waals surface area (Å²) in [6.07, 6.45) is 2.06. The minimum atomic E-state index is -0.805. The zero-order valence-electron chi connectivity index (χ0n) is 11.8. The molecule has 1 aromatic heterocycles. The number of rotatable bonds is 4. The van der Waals surface area contributed by atoms with Crippen molar-refractivity contribution < 1.29 is 8.78 Å². The molecule has 20 heavy (non-hydrogen) atoms. The fourth-order valence-electron chi connectivity index (χ4n) is 2.32. The summed E-state index contributed by atoms with van der Waals surface area (Å²) in [4.78, 5) is 6.09. The molecular weight excluding hydrogens is 264 g/mol. The zero-order chi connectivity index (χ0) is 14.8. The summed E-state index contributed by atoms with van der Waals surface area (Å²) < 4.78 is 26.9. The molecule has 0 unspecified atom stereocenters. The van der Waals surface area contributed by atoms with Crippen LogP contribution in [0.5, 0.6) is 0 Å². The first-order valence-corrected chi connectivity index (χ1v) is 6.69. The van der Waals surface area contributed by atoms with Gasteiger partial charge < -0.3 is 15.6 Å². The number of halogens is 2. The SMILES string of the molecule is CN1CCC(C)(CNc2nc(NN)c(F)cc2F)CC1. The standard InChI is InChI=1S/C13H21F2N5/c1-13(3-5-20(2)6-4-13)8-17-11-9(14)7-10(15)12(18-11)19-16/h7H,3-6,8,16H2,1-2H3,(H2,17,18,19). The van der Waals surface area contributed by atoms with Gasteiger partial charge in [0.05, 0.1) is 0 Å². The van der Waals surface area contributed by atoms with Crippen molar-refractivity contribution in [1.29, 1.82) is 0 Å². The Morgan fingerprint density at radius 2 is 1.90 bits per heavy atom. The summed E-state index contributed by atoms with van der Waals surface area (Å²) in [6, 6.07) is 0.779. The Hall–Kier alpha value is -1.47. The van der Waals surface area contributed by atoms with E-state index in [1.807, 2.05) is 0 Å². The molecule has 112 valence electrons. The van der Waals surface area contributed by atoms with Gasteiger partial charge in [-0.1, -0.05) is 6.92 Å². The molecular formula is C13H21F2N5. The Morgan fingerprint density at radius 3 is 2.50 bits per heavy atom. The number of pyridine rings is 1. The average Bonchev–Trinajstić information content (AvgIpc) is 2.42. The molecule has 2 heterocycles. The van der Waals surface area contributed by atoms with E-state index in [9.17, 15) is 8.78 Å². The number of piperidine rings is 1. The highest BCUT2D eigenvalue weighted by Gasteiger charge is 2.29. The van der Waals surface area contributed by atoms with Crippen molar-refractivity contribution in [2.24, 2.45) is 11.3 Å². The van der Waals surface area contributed by atoms with Gasteiger partial charge in [0.1, 0.15) is 0 Å². The van der Waals surface area contributed by atoms with E-state index >= 15 is 0 Å². The van der Waals surface area contributed by atoms with E-state index in [1.165, 1.54) is 0 Å². The number of nitrogens with zero attached hydrogens (tertiary/aromatic N) is 2.